The van der Waals surface area contributed by atoms with Gasteiger partial charge in [-0.15, -0.1) is 11.3 Å². The van der Waals surface area contributed by atoms with Crippen LogP contribution in [0.25, 0.3) is 27.3 Å². The molecule has 4 aromatic rings. The highest BCUT2D eigenvalue weighted by atomic mass is 32.1. The van der Waals surface area contributed by atoms with Crippen LogP contribution < -0.4 is 4.90 Å². The monoisotopic (exact) mass is 607 g/mol. The van der Waals surface area contributed by atoms with Gasteiger partial charge in [-0.05, 0) is 125 Å². The number of nitrogens with zero attached hydrogens (tertiary/aromatic N) is 1. The Bertz CT molecular complexity index is 2310. The summed E-state index contributed by atoms with van der Waals surface area (Å²) < 4.78 is 1.39. The van der Waals surface area contributed by atoms with Gasteiger partial charge in [-0.2, -0.15) is 0 Å². The van der Waals surface area contributed by atoms with Crippen molar-refractivity contribution in [2.45, 2.75) is 49.9 Å². The van der Waals surface area contributed by atoms with E-state index in [-0.39, 0.29) is 5.41 Å². The fourth-order valence-corrected chi connectivity index (χ4v) is 11.3. The lowest BCUT2D eigenvalue weighted by atomic mass is 9.69. The Morgan fingerprint density at radius 2 is 1.57 bits per heavy atom. The van der Waals surface area contributed by atoms with E-state index in [0.717, 1.165) is 38.5 Å². The molecular formula is C44H33NS. The molecule has 46 heavy (non-hydrogen) atoms. The summed E-state index contributed by atoms with van der Waals surface area (Å²) in [6.45, 7) is 0. The molecule has 2 unspecified atom stereocenters. The van der Waals surface area contributed by atoms with Gasteiger partial charge in [0.2, 0.25) is 0 Å². The van der Waals surface area contributed by atoms with Crippen molar-refractivity contribution in [1.29, 1.82) is 0 Å². The molecule has 7 aliphatic carbocycles. The molecule has 0 saturated carbocycles. The maximum absolute atomic E-state index is 2.64. The van der Waals surface area contributed by atoms with Gasteiger partial charge in [0.1, 0.15) is 0 Å². The number of anilines is 2. The molecule has 11 rings (SSSR count). The van der Waals surface area contributed by atoms with Gasteiger partial charge in [-0.25, -0.2) is 0 Å². The molecule has 0 aliphatic heterocycles. The van der Waals surface area contributed by atoms with E-state index in [2.05, 4.69) is 126 Å². The van der Waals surface area contributed by atoms with Crippen molar-refractivity contribution in [3.05, 3.63) is 170 Å². The minimum Gasteiger partial charge on any atom is -0.310 e. The number of allylic oxidation sites excluding steroid dienone is 14. The van der Waals surface area contributed by atoms with Crippen LogP contribution in [0.4, 0.5) is 11.4 Å². The van der Waals surface area contributed by atoms with E-state index in [0.29, 0.717) is 5.92 Å². The molecule has 0 fully saturated rings. The quantitative estimate of drug-likeness (QED) is 0.224. The highest BCUT2D eigenvalue weighted by Gasteiger charge is 2.61. The molecular weight excluding hydrogens is 575 g/mol. The third kappa shape index (κ3) is 3.02. The molecule has 1 nitrogen and oxygen atoms in total. The zero-order valence-electron chi connectivity index (χ0n) is 25.7. The maximum atomic E-state index is 2.64. The number of hydrogen-bond donors (Lipinski definition) is 0. The predicted molar refractivity (Wildman–Crippen MR) is 195 cm³/mol. The molecule has 1 aromatic heterocycles. The number of aryl methyl sites for hydroxylation is 1. The Labute approximate surface area is 274 Å². The smallest absolute Gasteiger partial charge is 0.0661 e. The van der Waals surface area contributed by atoms with Crippen molar-refractivity contribution in [2.24, 2.45) is 0 Å². The number of fused-ring (bicyclic) bond motifs is 7. The minimum absolute atomic E-state index is 0.138. The van der Waals surface area contributed by atoms with E-state index in [9.17, 15) is 0 Å². The van der Waals surface area contributed by atoms with Gasteiger partial charge in [0.25, 0.3) is 0 Å². The van der Waals surface area contributed by atoms with Crippen molar-refractivity contribution in [1.82, 2.24) is 0 Å². The summed E-state index contributed by atoms with van der Waals surface area (Å²) in [6.07, 6.45) is 32.4. The molecule has 220 valence electrons. The van der Waals surface area contributed by atoms with E-state index in [4.69, 9.17) is 0 Å². The van der Waals surface area contributed by atoms with Crippen LogP contribution in [0.3, 0.4) is 0 Å². The summed E-state index contributed by atoms with van der Waals surface area (Å²) in [5, 5.41) is 1.44. The second-order valence-electron chi connectivity index (χ2n) is 13.6. The van der Waals surface area contributed by atoms with E-state index in [1.165, 1.54) is 71.0 Å². The third-order valence-electron chi connectivity index (χ3n) is 11.5. The number of rotatable bonds is 3. The average molecular weight is 608 g/mol. The molecule has 0 amide bonds. The average Bonchev–Trinajstić information content (AvgIpc) is 3.75. The van der Waals surface area contributed by atoms with Gasteiger partial charge < -0.3 is 4.90 Å². The Morgan fingerprint density at radius 1 is 0.739 bits per heavy atom. The second-order valence-corrected chi connectivity index (χ2v) is 14.7. The Balaban J connectivity index is 1.24. The predicted octanol–water partition coefficient (Wildman–Crippen LogP) is 11.6. The van der Waals surface area contributed by atoms with E-state index in [1.54, 1.807) is 16.7 Å². The van der Waals surface area contributed by atoms with Gasteiger partial charge in [0, 0.05) is 26.6 Å². The zero-order valence-corrected chi connectivity index (χ0v) is 26.5. The summed E-state index contributed by atoms with van der Waals surface area (Å²) >= 11 is 1.95. The summed E-state index contributed by atoms with van der Waals surface area (Å²) in [6, 6.07) is 21.4. The lowest BCUT2D eigenvalue weighted by Gasteiger charge is -2.33. The van der Waals surface area contributed by atoms with Gasteiger partial charge in [-0.1, -0.05) is 91.1 Å². The van der Waals surface area contributed by atoms with Gasteiger partial charge >= 0.3 is 0 Å². The first-order valence-electron chi connectivity index (χ1n) is 17.0. The first kappa shape index (κ1) is 25.5. The normalized spacial score (nSPS) is 23.8. The van der Waals surface area contributed by atoms with Gasteiger partial charge in [0.15, 0.2) is 0 Å². The SMILES string of the molecule is C1=CCC=C(N(c2cccc3c2C2CC=CC4=C2C32C3=C(C=CCC3)c3cccc4c32)c2cccc3sc4c(c23)CCC=C4)C=C1. The zero-order chi connectivity index (χ0) is 30.0. The first-order valence-corrected chi connectivity index (χ1v) is 17.8. The standard InChI is InChI=1S/C44H33NS/c1-2-4-14-27(13-3-1)45(37-24-12-26-39-41(37)32-16-6-8-25-38(32)46-39)36-23-11-22-35-40(36)33-20-10-19-31-30-18-9-17-29-28-15-5-7-21-34(28)44(35,42(29)30)43(31)33/h1-3,5,8-15,17-19,22-26,33H,4,6-7,16,20-21H2. The summed E-state index contributed by atoms with van der Waals surface area (Å²) in [4.78, 5) is 4.07. The lowest BCUT2D eigenvalue weighted by molar-refractivity contribution is 0.680. The van der Waals surface area contributed by atoms with Crippen LogP contribution in [0.15, 0.2) is 132 Å². The Kier molecular flexibility index (Phi) is 5.11. The molecule has 2 atom stereocenters. The van der Waals surface area contributed by atoms with Crippen LogP contribution in [0.1, 0.15) is 76.3 Å². The molecule has 0 bridgehead atoms. The Hall–Kier alpha value is -4.66. The van der Waals surface area contributed by atoms with Crippen molar-refractivity contribution in [2.75, 3.05) is 4.90 Å². The lowest BCUT2D eigenvalue weighted by Crippen LogP contribution is -2.26. The topological polar surface area (TPSA) is 3.24 Å². The highest BCUT2D eigenvalue weighted by Crippen LogP contribution is 2.72. The van der Waals surface area contributed by atoms with Crippen molar-refractivity contribution in [3.8, 4) is 0 Å². The Morgan fingerprint density at radius 3 is 2.54 bits per heavy atom. The van der Waals surface area contributed by atoms with Gasteiger partial charge in [-0.3, -0.25) is 0 Å². The van der Waals surface area contributed by atoms with Crippen molar-refractivity contribution < 1.29 is 0 Å². The summed E-state index contributed by atoms with van der Waals surface area (Å²) in [7, 11) is 0. The fraction of sp³-hybridized carbons (Fsp3) is 0.182. The van der Waals surface area contributed by atoms with E-state index < -0.39 is 0 Å². The van der Waals surface area contributed by atoms with E-state index in [1.807, 2.05) is 11.3 Å². The highest BCUT2D eigenvalue weighted by molar-refractivity contribution is 7.20. The molecule has 3 aromatic carbocycles. The first-order chi connectivity index (χ1) is 22.9. The van der Waals surface area contributed by atoms with Crippen LogP contribution in [-0.2, 0) is 11.8 Å². The summed E-state index contributed by atoms with van der Waals surface area (Å²) in [5.74, 6) is 0.360. The van der Waals surface area contributed by atoms with Crippen LogP contribution in [0.5, 0.6) is 0 Å². The van der Waals surface area contributed by atoms with Crippen LogP contribution in [0.2, 0.25) is 0 Å². The second kappa shape index (κ2) is 9.21. The molecule has 7 aliphatic rings. The number of thiophene rings is 1. The maximum Gasteiger partial charge on any atom is 0.0661 e. The molecule has 0 saturated heterocycles. The third-order valence-corrected chi connectivity index (χ3v) is 12.7. The molecule has 1 heterocycles. The largest absolute Gasteiger partial charge is 0.310 e. The minimum atomic E-state index is -0.138. The van der Waals surface area contributed by atoms with Crippen LogP contribution >= 0.6 is 11.3 Å². The molecule has 2 heteroatoms. The van der Waals surface area contributed by atoms with Crippen molar-refractivity contribution in [3.63, 3.8) is 0 Å². The van der Waals surface area contributed by atoms with Crippen LogP contribution in [0, 0.1) is 0 Å². The van der Waals surface area contributed by atoms with Gasteiger partial charge in [0.05, 0.1) is 16.8 Å². The van der Waals surface area contributed by atoms with E-state index >= 15 is 0 Å². The number of hydrogen-bond acceptors (Lipinski definition) is 2. The number of benzene rings is 3. The van der Waals surface area contributed by atoms with Crippen molar-refractivity contribution >= 4 is 50.0 Å². The molecule has 1 spiro atoms. The van der Waals surface area contributed by atoms with Crippen LogP contribution in [-0.4, -0.2) is 0 Å². The summed E-state index contributed by atoms with van der Waals surface area (Å²) in [5.41, 5.74) is 19.1. The fourth-order valence-electron chi connectivity index (χ4n) is 10.1. The molecule has 0 N–H and O–H groups in total. The molecule has 0 radical (unpaired) electrons.